The highest BCUT2D eigenvalue weighted by Crippen LogP contribution is 2.40. The Labute approximate surface area is 151 Å². The number of likely N-dealkylation sites (tertiary alicyclic amines) is 2. The summed E-state index contributed by atoms with van der Waals surface area (Å²) >= 11 is 3.31. The summed E-state index contributed by atoms with van der Waals surface area (Å²) in [5.41, 5.74) is 1.40. The highest BCUT2D eigenvalue weighted by atomic mass is 32.1. The molecule has 6 heteroatoms. The summed E-state index contributed by atoms with van der Waals surface area (Å²) in [4.78, 5) is 22.8. The van der Waals surface area contributed by atoms with Crippen LogP contribution in [-0.2, 0) is 6.54 Å². The van der Waals surface area contributed by atoms with E-state index < -0.39 is 0 Å². The van der Waals surface area contributed by atoms with E-state index in [1.807, 2.05) is 29.9 Å². The van der Waals surface area contributed by atoms with Crippen LogP contribution in [0.2, 0.25) is 0 Å². The molecule has 0 saturated carbocycles. The molecule has 4 heterocycles. The van der Waals surface area contributed by atoms with Crippen LogP contribution in [0.4, 0.5) is 0 Å². The van der Waals surface area contributed by atoms with Gasteiger partial charge in [-0.25, -0.2) is 4.98 Å². The molecule has 2 fully saturated rings. The molecule has 0 N–H and O–H groups in total. The lowest BCUT2D eigenvalue weighted by Gasteiger charge is -2.40. The summed E-state index contributed by atoms with van der Waals surface area (Å²) in [5, 5.41) is 5.27. The predicted octanol–water partition coefficient (Wildman–Crippen LogP) is 3.64. The lowest BCUT2D eigenvalue weighted by atomic mass is 9.79. The third-order valence-electron chi connectivity index (χ3n) is 5.36. The summed E-state index contributed by atoms with van der Waals surface area (Å²) in [6.45, 7) is 7.06. The molecule has 1 spiro atoms. The Balaban J connectivity index is 1.43. The first-order chi connectivity index (χ1) is 11.7. The van der Waals surface area contributed by atoms with Gasteiger partial charge < -0.3 is 4.90 Å². The van der Waals surface area contributed by atoms with E-state index in [1.54, 1.807) is 22.7 Å². The predicted molar refractivity (Wildman–Crippen MR) is 98.6 cm³/mol. The number of carbonyl (C=O) groups excluding carboxylic acids is 1. The van der Waals surface area contributed by atoms with Crippen LogP contribution in [0.1, 0.15) is 39.5 Å². The molecule has 2 aliphatic rings. The van der Waals surface area contributed by atoms with Crippen LogP contribution in [-0.4, -0.2) is 46.9 Å². The van der Waals surface area contributed by atoms with Gasteiger partial charge in [-0.15, -0.1) is 22.7 Å². The molecule has 4 rings (SSSR count). The number of amides is 1. The van der Waals surface area contributed by atoms with Gasteiger partial charge in [0.2, 0.25) is 0 Å². The number of thiophene rings is 1. The third kappa shape index (κ3) is 3.15. The van der Waals surface area contributed by atoms with Crippen LogP contribution in [0.15, 0.2) is 23.0 Å². The van der Waals surface area contributed by atoms with E-state index >= 15 is 0 Å². The fraction of sp³-hybridized carbons (Fsp3) is 0.556. The SMILES string of the molecule is Cc1ccsc1C(=O)N1CC[C@]2(CCCN(Cc3nccs3)C2)C1. The van der Waals surface area contributed by atoms with Crippen molar-refractivity contribution in [3.05, 3.63) is 38.5 Å². The second-order valence-corrected chi connectivity index (χ2v) is 9.04. The van der Waals surface area contributed by atoms with Gasteiger partial charge in [-0.3, -0.25) is 9.69 Å². The van der Waals surface area contributed by atoms with Crippen LogP contribution in [0, 0.1) is 12.3 Å². The summed E-state index contributed by atoms with van der Waals surface area (Å²) < 4.78 is 0. The maximum absolute atomic E-state index is 12.8. The molecule has 0 unspecified atom stereocenters. The van der Waals surface area contributed by atoms with Gasteiger partial charge in [0.15, 0.2) is 0 Å². The van der Waals surface area contributed by atoms with Crippen LogP contribution >= 0.6 is 22.7 Å². The van der Waals surface area contributed by atoms with Gasteiger partial charge >= 0.3 is 0 Å². The fourth-order valence-corrected chi connectivity index (χ4v) is 5.69. The third-order valence-corrected chi connectivity index (χ3v) is 7.13. The Bertz CT molecular complexity index is 712. The zero-order chi connectivity index (χ0) is 16.6. The molecule has 0 bridgehead atoms. The van der Waals surface area contributed by atoms with E-state index in [1.165, 1.54) is 17.8 Å². The van der Waals surface area contributed by atoms with E-state index in [-0.39, 0.29) is 11.3 Å². The molecular weight excluding hydrogens is 338 g/mol. The van der Waals surface area contributed by atoms with Crippen LogP contribution in [0.3, 0.4) is 0 Å². The van der Waals surface area contributed by atoms with Crippen LogP contribution in [0.25, 0.3) is 0 Å². The molecule has 128 valence electrons. The number of nitrogens with zero attached hydrogens (tertiary/aromatic N) is 3. The van der Waals surface area contributed by atoms with Crippen molar-refractivity contribution in [3.8, 4) is 0 Å². The Morgan fingerprint density at radius 2 is 2.17 bits per heavy atom. The number of thiazole rings is 1. The maximum atomic E-state index is 12.8. The minimum atomic E-state index is 0.233. The van der Waals surface area contributed by atoms with E-state index in [4.69, 9.17) is 0 Å². The minimum Gasteiger partial charge on any atom is -0.337 e. The van der Waals surface area contributed by atoms with Crippen molar-refractivity contribution in [3.63, 3.8) is 0 Å². The largest absolute Gasteiger partial charge is 0.337 e. The van der Waals surface area contributed by atoms with Crippen LogP contribution in [0.5, 0.6) is 0 Å². The first-order valence-corrected chi connectivity index (χ1v) is 10.4. The van der Waals surface area contributed by atoms with Crippen molar-refractivity contribution in [1.82, 2.24) is 14.8 Å². The van der Waals surface area contributed by atoms with Crippen LogP contribution < -0.4 is 0 Å². The Morgan fingerprint density at radius 1 is 1.25 bits per heavy atom. The molecule has 2 aliphatic heterocycles. The maximum Gasteiger partial charge on any atom is 0.264 e. The first-order valence-electron chi connectivity index (χ1n) is 8.59. The average Bonchev–Trinajstić information content (AvgIpc) is 3.29. The smallest absolute Gasteiger partial charge is 0.264 e. The van der Waals surface area contributed by atoms with Gasteiger partial charge in [-0.1, -0.05) is 0 Å². The normalized spacial score (nSPS) is 24.8. The number of carbonyl (C=O) groups is 1. The molecule has 0 aliphatic carbocycles. The second kappa shape index (κ2) is 6.58. The molecule has 0 radical (unpaired) electrons. The summed E-state index contributed by atoms with van der Waals surface area (Å²) in [6.07, 6.45) is 5.50. The molecule has 24 heavy (non-hydrogen) atoms. The number of hydrogen-bond donors (Lipinski definition) is 0. The molecule has 0 aromatic carbocycles. The van der Waals surface area contributed by atoms with Crippen molar-refractivity contribution in [2.75, 3.05) is 26.2 Å². The highest BCUT2D eigenvalue weighted by molar-refractivity contribution is 7.12. The Hall–Kier alpha value is -1.24. The summed E-state index contributed by atoms with van der Waals surface area (Å²) in [5.74, 6) is 0.233. The summed E-state index contributed by atoms with van der Waals surface area (Å²) in [6, 6.07) is 2.04. The monoisotopic (exact) mass is 361 g/mol. The lowest BCUT2D eigenvalue weighted by molar-refractivity contribution is 0.0678. The van der Waals surface area contributed by atoms with Gasteiger partial charge in [0.25, 0.3) is 5.91 Å². The molecule has 1 amide bonds. The number of rotatable bonds is 3. The Kier molecular flexibility index (Phi) is 4.45. The van der Waals surface area contributed by atoms with Crippen molar-refractivity contribution in [2.24, 2.45) is 5.41 Å². The second-order valence-electron chi connectivity index (χ2n) is 7.15. The van der Waals surface area contributed by atoms with E-state index in [0.29, 0.717) is 0 Å². The van der Waals surface area contributed by atoms with Gasteiger partial charge in [0.1, 0.15) is 5.01 Å². The zero-order valence-electron chi connectivity index (χ0n) is 14.0. The quantitative estimate of drug-likeness (QED) is 0.837. The van der Waals surface area contributed by atoms with Gasteiger partial charge in [0.05, 0.1) is 11.4 Å². The molecule has 1 atom stereocenters. The van der Waals surface area contributed by atoms with Gasteiger partial charge in [-0.05, 0) is 49.7 Å². The molecule has 2 aromatic rings. The van der Waals surface area contributed by atoms with Crippen molar-refractivity contribution in [2.45, 2.75) is 32.7 Å². The van der Waals surface area contributed by atoms with Crippen molar-refractivity contribution in [1.29, 1.82) is 0 Å². The number of aromatic nitrogens is 1. The fourth-order valence-electron chi connectivity index (χ4n) is 4.14. The molecular formula is C18H23N3OS2. The average molecular weight is 362 g/mol. The van der Waals surface area contributed by atoms with Gasteiger partial charge in [0, 0.05) is 36.6 Å². The topological polar surface area (TPSA) is 36.4 Å². The molecule has 4 nitrogen and oxygen atoms in total. The number of aryl methyl sites for hydroxylation is 1. The van der Waals surface area contributed by atoms with E-state index in [0.717, 1.165) is 49.6 Å². The molecule has 2 saturated heterocycles. The highest BCUT2D eigenvalue weighted by Gasteiger charge is 2.43. The minimum absolute atomic E-state index is 0.233. The van der Waals surface area contributed by atoms with Crippen molar-refractivity contribution >= 4 is 28.6 Å². The Morgan fingerprint density at radius 3 is 2.92 bits per heavy atom. The molecule has 2 aromatic heterocycles. The van der Waals surface area contributed by atoms with Gasteiger partial charge in [-0.2, -0.15) is 0 Å². The van der Waals surface area contributed by atoms with E-state index in [2.05, 4.69) is 14.8 Å². The lowest BCUT2D eigenvalue weighted by Crippen LogP contribution is -2.45. The first kappa shape index (κ1) is 16.2. The summed E-state index contributed by atoms with van der Waals surface area (Å²) in [7, 11) is 0. The number of hydrogen-bond acceptors (Lipinski definition) is 5. The number of piperidine rings is 1. The standard InChI is InChI=1S/C18H23N3OS2/c1-14-3-9-24-16(14)17(22)21-8-5-18(13-21)4-2-7-20(12-18)11-15-19-6-10-23-15/h3,6,9-10H,2,4-5,7-8,11-13H2,1H3/t18-/m0/s1. The zero-order valence-corrected chi connectivity index (χ0v) is 15.7. The van der Waals surface area contributed by atoms with Crippen molar-refractivity contribution < 1.29 is 4.79 Å². The van der Waals surface area contributed by atoms with E-state index in [9.17, 15) is 4.79 Å².